The van der Waals surface area contributed by atoms with Crippen LogP contribution in [-0.4, -0.2) is 25.7 Å². The number of ether oxygens (including phenoxy) is 2. The first kappa shape index (κ1) is 12.1. The smallest absolute Gasteiger partial charge is 0.292 e. The first-order chi connectivity index (χ1) is 7.71. The van der Waals surface area contributed by atoms with Crippen molar-refractivity contribution in [2.24, 2.45) is 0 Å². The minimum absolute atomic E-state index is 0.375. The number of aryl methyl sites for hydroxylation is 1. The van der Waals surface area contributed by atoms with E-state index in [1.165, 1.54) is 18.2 Å². The molecule has 2 rings (SSSR count). The van der Waals surface area contributed by atoms with E-state index in [0.29, 0.717) is 6.47 Å². The fourth-order valence-electron chi connectivity index (χ4n) is 1.38. The van der Waals surface area contributed by atoms with E-state index < -0.39 is 0 Å². The van der Waals surface area contributed by atoms with Gasteiger partial charge in [0, 0.05) is 16.6 Å². The Morgan fingerprint density at radius 3 is 2.50 bits per heavy atom. The van der Waals surface area contributed by atoms with Crippen LogP contribution in [0.15, 0.2) is 24.3 Å². The van der Waals surface area contributed by atoms with Crippen molar-refractivity contribution in [1.82, 2.24) is 4.98 Å². The highest BCUT2D eigenvalue weighted by Gasteiger charge is 1.97. The van der Waals surface area contributed by atoms with Gasteiger partial charge in [0.25, 0.3) is 6.47 Å². The number of hydrogen-bond donors (Lipinski definition) is 1. The Kier molecular flexibility index (Phi) is 4.39. The van der Waals surface area contributed by atoms with E-state index in [4.69, 9.17) is 9.53 Å². The van der Waals surface area contributed by atoms with Crippen molar-refractivity contribution in [3.05, 3.63) is 30.0 Å². The molecule has 0 aliphatic carbocycles. The molecule has 2 aromatic rings. The number of rotatable bonds is 2. The Morgan fingerprint density at radius 2 is 1.94 bits per heavy atom. The predicted molar refractivity (Wildman–Crippen MR) is 62.7 cm³/mol. The first-order valence-electron chi connectivity index (χ1n) is 4.81. The van der Waals surface area contributed by atoms with E-state index in [2.05, 4.69) is 15.8 Å². The largest absolute Gasteiger partial charge is 0.497 e. The van der Waals surface area contributed by atoms with Gasteiger partial charge in [-0.2, -0.15) is 0 Å². The van der Waals surface area contributed by atoms with Crippen molar-refractivity contribution in [2.75, 3.05) is 14.2 Å². The Balaban J connectivity index is 0.000000280. The third-order valence-corrected chi connectivity index (χ3v) is 2.06. The van der Waals surface area contributed by atoms with Crippen LogP contribution in [0.2, 0.25) is 0 Å². The number of fused-ring (bicyclic) bond motifs is 1. The highest BCUT2D eigenvalue weighted by atomic mass is 16.5. The summed E-state index contributed by atoms with van der Waals surface area (Å²) >= 11 is 0. The topological polar surface area (TPSA) is 51.3 Å². The molecular formula is C12H15NO3. The van der Waals surface area contributed by atoms with Crippen LogP contribution in [0.25, 0.3) is 10.9 Å². The molecular weight excluding hydrogens is 206 g/mol. The van der Waals surface area contributed by atoms with Gasteiger partial charge in [-0.05, 0) is 31.2 Å². The van der Waals surface area contributed by atoms with Crippen molar-refractivity contribution < 1.29 is 14.3 Å². The Hall–Kier alpha value is -1.97. The van der Waals surface area contributed by atoms with Crippen LogP contribution in [0.5, 0.6) is 5.75 Å². The normalized spacial score (nSPS) is 9.19. The molecule has 0 fully saturated rings. The molecule has 0 radical (unpaired) electrons. The molecule has 0 saturated carbocycles. The molecule has 1 N–H and O–H groups in total. The first-order valence-corrected chi connectivity index (χ1v) is 4.81. The second-order valence-electron chi connectivity index (χ2n) is 3.24. The molecule has 0 aliphatic rings. The Labute approximate surface area is 94.2 Å². The van der Waals surface area contributed by atoms with Gasteiger partial charge in [-0.1, -0.05) is 0 Å². The molecule has 0 unspecified atom stereocenters. The lowest BCUT2D eigenvalue weighted by molar-refractivity contribution is -0.126. The number of carbonyl (C=O) groups excluding carboxylic acids is 1. The molecule has 4 heteroatoms. The van der Waals surface area contributed by atoms with Crippen molar-refractivity contribution in [1.29, 1.82) is 0 Å². The summed E-state index contributed by atoms with van der Waals surface area (Å²) in [4.78, 5) is 12.2. The van der Waals surface area contributed by atoms with Gasteiger partial charge in [0.1, 0.15) is 5.75 Å². The van der Waals surface area contributed by atoms with Crippen LogP contribution in [0.3, 0.4) is 0 Å². The Morgan fingerprint density at radius 1 is 1.25 bits per heavy atom. The van der Waals surface area contributed by atoms with Crippen molar-refractivity contribution in [3.8, 4) is 5.75 Å². The molecule has 0 atom stereocenters. The van der Waals surface area contributed by atoms with Crippen molar-refractivity contribution >= 4 is 17.4 Å². The minimum atomic E-state index is 0.375. The highest BCUT2D eigenvalue weighted by molar-refractivity contribution is 5.81. The average Bonchev–Trinajstić information content (AvgIpc) is 2.68. The molecule has 4 nitrogen and oxygen atoms in total. The molecule has 0 saturated heterocycles. The number of aromatic amines is 1. The molecule has 1 heterocycles. The van der Waals surface area contributed by atoms with Gasteiger partial charge in [-0.25, -0.2) is 0 Å². The number of methoxy groups -OCH3 is 2. The zero-order valence-electron chi connectivity index (χ0n) is 9.61. The maximum Gasteiger partial charge on any atom is 0.292 e. The summed E-state index contributed by atoms with van der Waals surface area (Å²) in [5.41, 5.74) is 2.34. The van der Waals surface area contributed by atoms with E-state index in [1.807, 2.05) is 25.1 Å². The zero-order valence-corrected chi connectivity index (χ0v) is 9.61. The van der Waals surface area contributed by atoms with Crippen LogP contribution in [0, 0.1) is 6.92 Å². The molecule has 0 aliphatic heterocycles. The number of benzene rings is 1. The summed E-state index contributed by atoms with van der Waals surface area (Å²) in [6.07, 6.45) is 0. The summed E-state index contributed by atoms with van der Waals surface area (Å²) in [6.45, 7) is 2.42. The van der Waals surface area contributed by atoms with Crippen molar-refractivity contribution in [3.63, 3.8) is 0 Å². The fourth-order valence-corrected chi connectivity index (χ4v) is 1.38. The van der Waals surface area contributed by atoms with Gasteiger partial charge in [0.15, 0.2) is 0 Å². The minimum Gasteiger partial charge on any atom is -0.497 e. The predicted octanol–water partition coefficient (Wildman–Crippen LogP) is 2.27. The summed E-state index contributed by atoms with van der Waals surface area (Å²) < 4.78 is 8.98. The lowest BCUT2D eigenvalue weighted by Gasteiger charge is -1.97. The molecule has 0 bridgehead atoms. The standard InChI is InChI=1S/C10H11NO.C2H4O2/c1-7-5-8-6-9(12-2)3-4-10(8)11-7;1-4-2-3/h3-6,11H,1-2H3;2H,1H3. The SMILES string of the molecule is COC=O.COc1ccc2[nH]c(C)cc2c1. The van der Waals surface area contributed by atoms with Gasteiger partial charge in [-0.3, -0.25) is 4.79 Å². The maximum atomic E-state index is 8.95. The third kappa shape index (κ3) is 3.02. The second-order valence-corrected chi connectivity index (χ2v) is 3.24. The van der Waals surface area contributed by atoms with E-state index in [-0.39, 0.29) is 0 Å². The summed E-state index contributed by atoms with van der Waals surface area (Å²) in [7, 11) is 2.99. The maximum absolute atomic E-state index is 8.95. The van der Waals surface area contributed by atoms with Crippen LogP contribution in [0.1, 0.15) is 5.69 Å². The molecule has 0 spiro atoms. The van der Waals surface area contributed by atoms with Gasteiger partial charge in [-0.15, -0.1) is 0 Å². The van der Waals surface area contributed by atoms with E-state index in [1.54, 1.807) is 7.11 Å². The molecule has 16 heavy (non-hydrogen) atoms. The quantitative estimate of drug-likeness (QED) is 0.791. The summed E-state index contributed by atoms with van der Waals surface area (Å²) in [5.74, 6) is 0.904. The molecule has 1 aromatic carbocycles. The number of aromatic nitrogens is 1. The van der Waals surface area contributed by atoms with E-state index in [0.717, 1.165) is 11.3 Å². The van der Waals surface area contributed by atoms with Crippen LogP contribution < -0.4 is 4.74 Å². The third-order valence-electron chi connectivity index (χ3n) is 2.06. The van der Waals surface area contributed by atoms with Crippen LogP contribution in [-0.2, 0) is 9.53 Å². The number of H-pyrrole nitrogens is 1. The lowest BCUT2D eigenvalue weighted by atomic mass is 10.2. The monoisotopic (exact) mass is 221 g/mol. The average molecular weight is 221 g/mol. The van der Waals surface area contributed by atoms with Crippen LogP contribution in [0.4, 0.5) is 0 Å². The van der Waals surface area contributed by atoms with Gasteiger partial charge >= 0.3 is 0 Å². The van der Waals surface area contributed by atoms with Gasteiger partial charge in [0.2, 0.25) is 0 Å². The fraction of sp³-hybridized carbons (Fsp3) is 0.250. The van der Waals surface area contributed by atoms with Gasteiger partial charge in [0.05, 0.1) is 14.2 Å². The second kappa shape index (κ2) is 5.80. The van der Waals surface area contributed by atoms with E-state index >= 15 is 0 Å². The molecule has 1 aromatic heterocycles. The van der Waals surface area contributed by atoms with Crippen LogP contribution >= 0.6 is 0 Å². The molecule has 86 valence electrons. The van der Waals surface area contributed by atoms with E-state index in [9.17, 15) is 0 Å². The zero-order chi connectivity index (χ0) is 12.0. The summed E-state index contributed by atoms with van der Waals surface area (Å²) in [6, 6.07) is 8.12. The lowest BCUT2D eigenvalue weighted by Crippen LogP contribution is -1.80. The molecule has 0 amide bonds. The van der Waals surface area contributed by atoms with Gasteiger partial charge < -0.3 is 14.5 Å². The highest BCUT2D eigenvalue weighted by Crippen LogP contribution is 2.20. The summed E-state index contributed by atoms with van der Waals surface area (Å²) in [5, 5.41) is 1.20. The van der Waals surface area contributed by atoms with Crippen molar-refractivity contribution in [2.45, 2.75) is 6.92 Å². The number of hydrogen-bond acceptors (Lipinski definition) is 3. The Bertz CT molecular complexity index is 462. The number of carbonyl (C=O) groups is 1. The number of nitrogens with one attached hydrogen (secondary N) is 1.